The Kier molecular flexibility index (Phi) is 6.03. The minimum Gasteiger partial charge on any atom is -0.339 e. The lowest BCUT2D eigenvalue weighted by Gasteiger charge is -2.22. The molecule has 0 bridgehead atoms. The van der Waals surface area contributed by atoms with Crippen molar-refractivity contribution in [2.24, 2.45) is 0 Å². The maximum atomic E-state index is 12.8. The summed E-state index contributed by atoms with van der Waals surface area (Å²) < 4.78 is 38.5. The largest absolute Gasteiger partial charge is 0.410 e. The van der Waals surface area contributed by atoms with Gasteiger partial charge in [-0.15, -0.1) is 0 Å². The van der Waals surface area contributed by atoms with E-state index >= 15 is 0 Å². The molecule has 0 aliphatic rings. The van der Waals surface area contributed by atoms with Crippen LogP contribution in [0.1, 0.15) is 45.7 Å². The summed E-state index contributed by atoms with van der Waals surface area (Å²) in [7, 11) is 0. The summed E-state index contributed by atoms with van der Waals surface area (Å²) in [6.07, 6.45) is -4.44. The highest BCUT2D eigenvalue weighted by molar-refractivity contribution is 6.19. The van der Waals surface area contributed by atoms with E-state index in [-0.39, 0.29) is 22.6 Å². The fourth-order valence-corrected chi connectivity index (χ4v) is 2.26. The SMILES string of the molecule is CCN(CC)C(=O)/C(=C\C(F)(F)F)c1ccc(C(C)(C)C)cc1. The summed E-state index contributed by atoms with van der Waals surface area (Å²) in [5.74, 6) is -0.601. The molecule has 0 heterocycles. The number of benzene rings is 1. The molecule has 5 heteroatoms. The third-order valence-electron chi connectivity index (χ3n) is 3.65. The molecule has 1 aromatic rings. The molecule has 0 spiro atoms. The van der Waals surface area contributed by atoms with Crippen molar-refractivity contribution in [1.82, 2.24) is 4.90 Å². The van der Waals surface area contributed by atoms with Crippen LogP contribution >= 0.6 is 0 Å². The Bertz CT molecular complexity index is 561. The molecule has 0 aliphatic carbocycles. The lowest BCUT2D eigenvalue weighted by Crippen LogP contribution is -2.31. The molecule has 0 aliphatic heterocycles. The fraction of sp³-hybridized carbons (Fsp3) is 0.500. The van der Waals surface area contributed by atoms with Gasteiger partial charge in [0.05, 0.1) is 5.57 Å². The normalized spacial score (nSPS) is 13.1. The molecule has 0 N–H and O–H groups in total. The molecule has 23 heavy (non-hydrogen) atoms. The van der Waals surface area contributed by atoms with E-state index in [0.717, 1.165) is 5.56 Å². The predicted octanol–water partition coefficient (Wildman–Crippen LogP) is 4.80. The van der Waals surface area contributed by atoms with Crippen molar-refractivity contribution in [3.05, 3.63) is 41.5 Å². The molecular formula is C18H24F3NO. The van der Waals surface area contributed by atoms with Crippen LogP contribution in [0.5, 0.6) is 0 Å². The van der Waals surface area contributed by atoms with E-state index in [1.54, 1.807) is 38.1 Å². The first-order valence-corrected chi connectivity index (χ1v) is 7.69. The van der Waals surface area contributed by atoms with Crippen molar-refractivity contribution in [3.8, 4) is 0 Å². The van der Waals surface area contributed by atoms with E-state index in [1.165, 1.54) is 4.90 Å². The smallest absolute Gasteiger partial charge is 0.339 e. The zero-order valence-electron chi connectivity index (χ0n) is 14.3. The fourth-order valence-electron chi connectivity index (χ4n) is 2.26. The van der Waals surface area contributed by atoms with Gasteiger partial charge in [0.15, 0.2) is 0 Å². The van der Waals surface area contributed by atoms with Gasteiger partial charge >= 0.3 is 6.18 Å². The van der Waals surface area contributed by atoms with Crippen LogP contribution in [0.3, 0.4) is 0 Å². The minimum atomic E-state index is -4.54. The van der Waals surface area contributed by atoms with Gasteiger partial charge in [0, 0.05) is 19.2 Å². The third-order valence-corrected chi connectivity index (χ3v) is 3.65. The minimum absolute atomic E-state index is 0.0970. The molecule has 0 saturated carbocycles. The van der Waals surface area contributed by atoms with Crippen LogP contribution in [0.25, 0.3) is 5.57 Å². The quantitative estimate of drug-likeness (QED) is 0.728. The molecule has 1 aromatic carbocycles. The molecule has 0 atom stereocenters. The van der Waals surface area contributed by atoms with Crippen LogP contribution < -0.4 is 0 Å². The first-order chi connectivity index (χ1) is 10.5. The van der Waals surface area contributed by atoms with Gasteiger partial charge < -0.3 is 4.90 Å². The van der Waals surface area contributed by atoms with Crippen molar-refractivity contribution in [2.45, 2.75) is 46.2 Å². The third kappa shape index (κ3) is 5.41. The number of nitrogens with zero attached hydrogens (tertiary/aromatic N) is 1. The Morgan fingerprint density at radius 2 is 1.52 bits per heavy atom. The Balaban J connectivity index is 3.31. The second-order valence-electron chi connectivity index (χ2n) is 6.40. The zero-order valence-corrected chi connectivity index (χ0v) is 14.3. The monoisotopic (exact) mass is 327 g/mol. The first kappa shape index (κ1) is 19.3. The van der Waals surface area contributed by atoms with Crippen molar-refractivity contribution in [3.63, 3.8) is 0 Å². The molecular weight excluding hydrogens is 303 g/mol. The van der Waals surface area contributed by atoms with Gasteiger partial charge in [0.25, 0.3) is 5.91 Å². The molecule has 1 amide bonds. The Hall–Kier alpha value is -1.78. The van der Waals surface area contributed by atoms with E-state index < -0.39 is 12.1 Å². The molecule has 0 aromatic heterocycles. The van der Waals surface area contributed by atoms with E-state index in [4.69, 9.17) is 0 Å². The van der Waals surface area contributed by atoms with Crippen LogP contribution in [-0.2, 0) is 10.2 Å². The Morgan fingerprint density at radius 3 is 1.87 bits per heavy atom. The van der Waals surface area contributed by atoms with E-state index in [1.807, 2.05) is 20.8 Å². The number of hydrogen-bond donors (Lipinski definition) is 0. The van der Waals surface area contributed by atoms with Gasteiger partial charge in [0.2, 0.25) is 0 Å². The predicted molar refractivity (Wildman–Crippen MR) is 87.1 cm³/mol. The van der Waals surface area contributed by atoms with Crippen molar-refractivity contribution in [1.29, 1.82) is 0 Å². The number of hydrogen-bond acceptors (Lipinski definition) is 1. The number of carbonyl (C=O) groups is 1. The van der Waals surface area contributed by atoms with Crippen molar-refractivity contribution < 1.29 is 18.0 Å². The van der Waals surface area contributed by atoms with E-state index in [9.17, 15) is 18.0 Å². The highest BCUT2D eigenvalue weighted by atomic mass is 19.4. The second-order valence-corrected chi connectivity index (χ2v) is 6.40. The number of amides is 1. The highest BCUT2D eigenvalue weighted by Crippen LogP contribution is 2.28. The van der Waals surface area contributed by atoms with E-state index in [2.05, 4.69) is 0 Å². The van der Waals surface area contributed by atoms with Crippen LogP contribution in [0, 0.1) is 0 Å². The summed E-state index contributed by atoms with van der Waals surface area (Å²) in [6, 6.07) is 6.71. The number of halogens is 3. The summed E-state index contributed by atoms with van der Waals surface area (Å²) in [5, 5.41) is 0. The Morgan fingerprint density at radius 1 is 1.04 bits per heavy atom. The molecule has 128 valence electrons. The lowest BCUT2D eigenvalue weighted by molar-refractivity contribution is -0.125. The summed E-state index contributed by atoms with van der Waals surface area (Å²) in [4.78, 5) is 13.8. The summed E-state index contributed by atoms with van der Waals surface area (Å²) >= 11 is 0. The van der Waals surface area contributed by atoms with Crippen molar-refractivity contribution >= 4 is 11.5 Å². The number of allylic oxidation sites excluding steroid dienone is 1. The topological polar surface area (TPSA) is 20.3 Å². The van der Waals surface area contributed by atoms with Gasteiger partial charge in [-0.05, 0) is 30.4 Å². The van der Waals surface area contributed by atoms with Gasteiger partial charge in [-0.25, -0.2) is 0 Å². The van der Waals surface area contributed by atoms with Gasteiger partial charge in [-0.2, -0.15) is 13.2 Å². The number of rotatable bonds is 4. The highest BCUT2D eigenvalue weighted by Gasteiger charge is 2.29. The lowest BCUT2D eigenvalue weighted by atomic mass is 9.86. The second kappa shape index (κ2) is 7.20. The van der Waals surface area contributed by atoms with Crippen molar-refractivity contribution in [2.75, 3.05) is 13.1 Å². The molecule has 0 radical (unpaired) electrons. The van der Waals surface area contributed by atoms with Gasteiger partial charge in [0.1, 0.15) is 0 Å². The van der Waals surface area contributed by atoms with E-state index in [0.29, 0.717) is 13.1 Å². The maximum Gasteiger partial charge on any atom is 0.410 e. The summed E-state index contributed by atoms with van der Waals surface area (Å²) in [5.41, 5.74) is 0.867. The van der Waals surface area contributed by atoms with Crippen LogP contribution in [0.4, 0.5) is 13.2 Å². The van der Waals surface area contributed by atoms with Gasteiger partial charge in [-0.3, -0.25) is 4.79 Å². The number of carbonyl (C=O) groups excluding carboxylic acids is 1. The average molecular weight is 327 g/mol. The molecule has 0 saturated heterocycles. The zero-order chi connectivity index (χ0) is 17.8. The first-order valence-electron chi connectivity index (χ1n) is 7.69. The standard InChI is InChI=1S/C18H24F3NO/c1-6-22(7-2)16(23)15(12-18(19,20)21)13-8-10-14(11-9-13)17(3,4)5/h8-12H,6-7H2,1-5H3/b15-12-. The molecule has 0 unspecified atom stereocenters. The molecule has 0 fully saturated rings. The maximum absolute atomic E-state index is 12.8. The van der Waals surface area contributed by atoms with Crippen LogP contribution in [-0.4, -0.2) is 30.1 Å². The average Bonchev–Trinajstić information content (AvgIpc) is 2.44. The van der Waals surface area contributed by atoms with Crippen LogP contribution in [0.2, 0.25) is 0 Å². The number of likely N-dealkylation sites (N-methyl/N-ethyl adjacent to an activating group) is 1. The van der Waals surface area contributed by atoms with Crippen LogP contribution in [0.15, 0.2) is 30.3 Å². The molecule has 2 nitrogen and oxygen atoms in total. The summed E-state index contributed by atoms with van der Waals surface area (Å²) in [6.45, 7) is 10.3. The Labute approximate surface area is 136 Å². The van der Waals surface area contributed by atoms with Gasteiger partial charge in [-0.1, -0.05) is 45.0 Å². The number of alkyl halides is 3. The molecule has 1 rings (SSSR count).